The van der Waals surface area contributed by atoms with Gasteiger partial charge < -0.3 is 10.7 Å². The summed E-state index contributed by atoms with van der Waals surface area (Å²) in [7, 11) is 0. The Balaban J connectivity index is 2.43. The second-order valence-corrected chi connectivity index (χ2v) is 3.55. The molecule has 1 aliphatic carbocycles. The molecule has 1 aliphatic rings. The highest BCUT2D eigenvalue weighted by atomic mass is 35.5. The molecule has 0 aromatic carbocycles. The van der Waals surface area contributed by atoms with E-state index in [0.717, 1.165) is 11.3 Å². The average Bonchev–Trinajstić information content (AvgIpc) is 2.48. The van der Waals surface area contributed by atoms with E-state index in [1.165, 1.54) is 0 Å². The van der Waals surface area contributed by atoms with Crippen molar-refractivity contribution in [3.63, 3.8) is 0 Å². The van der Waals surface area contributed by atoms with Crippen LogP contribution < -0.4 is 5.73 Å². The Hall–Kier alpha value is -1.48. The van der Waals surface area contributed by atoms with Gasteiger partial charge in [-0.15, -0.1) is 0 Å². The van der Waals surface area contributed by atoms with Crippen molar-refractivity contribution < 1.29 is 4.79 Å². The highest BCUT2D eigenvalue weighted by molar-refractivity contribution is 6.31. The van der Waals surface area contributed by atoms with E-state index in [9.17, 15) is 4.79 Å². The van der Waals surface area contributed by atoms with E-state index in [1.54, 1.807) is 12.1 Å². The van der Waals surface area contributed by atoms with Crippen molar-refractivity contribution in [2.24, 2.45) is 5.73 Å². The number of carbonyl (C=O) groups is 1. The van der Waals surface area contributed by atoms with Gasteiger partial charge in [0.1, 0.15) is 5.69 Å². The largest absolute Gasteiger partial charge is 0.364 e. The smallest absolute Gasteiger partial charge is 0.265 e. The summed E-state index contributed by atoms with van der Waals surface area (Å²) in [5.41, 5.74) is 7.52. The Labute approximate surface area is 86.2 Å². The minimum atomic E-state index is -0.443. The van der Waals surface area contributed by atoms with Gasteiger partial charge in [-0.3, -0.25) is 4.79 Å². The average molecular weight is 209 g/mol. The van der Waals surface area contributed by atoms with Crippen molar-refractivity contribution in [2.45, 2.75) is 6.42 Å². The van der Waals surface area contributed by atoms with Crippen LogP contribution in [0.1, 0.15) is 21.7 Å². The third kappa shape index (κ3) is 1.59. The minimum Gasteiger partial charge on any atom is -0.364 e. The van der Waals surface area contributed by atoms with Gasteiger partial charge >= 0.3 is 0 Å². The molecule has 0 saturated carbocycles. The Morgan fingerprint density at radius 1 is 1.50 bits per heavy atom. The molecular formula is C10H9ClN2O. The zero-order valence-corrected chi connectivity index (χ0v) is 8.14. The quantitative estimate of drug-likeness (QED) is 0.727. The van der Waals surface area contributed by atoms with Gasteiger partial charge in [-0.25, -0.2) is 0 Å². The maximum atomic E-state index is 10.9. The normalized spacial score (nSPS) is 14.5. The number of aromatic nitrogens is 1. The summed E-state index contributed by atoms with van der Waals surface area (Å²) in [6.07, 6.45) is 6.23. The number of primary amides is 1. The number of H-pyrrole nitrogens is 1. The lowest BCUT2D eigenvalue weighted by atomic mass is 10.2. The van der Waals surface area contributed by atoms with Gasteiger partial charge in [0.15, 0.2) is 0 Å². The first-order valence-corrected chi connectivity index (χ1v) is 4.60. The molecule has 0 atom stereocenters. The molecule has 0 fully saturated rings. The van der Waals surface area contributed by atoms with Crippen LogP contribution in [0.25, 0.3) is 6.08 Å². The Kier molecular flexibility index (Phi) is 2.17. The predicted octanol–water partition coefficient (Wildman–Crippen LogP) is 1.81. The summed E-state index contributed by atoms with van der Waals surface area (Å²) in [5, 5.41) is 0.704. The van der Waals surface area contributed by atoms with Gasteiger partial charge in [-0.05, 0) is 30.2 Å². The van der Waals surface area contributed by atoms with Crippen molar-refractivity contribution in [2.75, 3.05) is 0 Å². The van der Waals surface area contributed by atoms with Gasteiger partial charge in [0, 0.05) is 10.7 Å². The molecule has 3 nitrogen and oxygen atoms in total. The lowest BCUT2D eigenvalue weighted by Crippen LogP contribution is -2.11. The van der Waals surface area contributed by atoms with E-state index in [2.05, 4.69) is 4.98 Å². The number of amides is 1. The molecule has 0 aliphatic heterocycles. The number of hydrogen-bond acceptors (Lipinski definition) is 1. The van der Waals surface area contributed by atoms with Gasteiger partial charge in [0.05, 0.1) is 0 Å². The summed E-state index contributed by atoms with van der Waals surface area (Å²) < 4.78 is 0. The van der Waals surface area contributed by atoms with Gasteiger partial charge in [-0.1, -0.05) is 17.7 Å². The molecule has 14 heavy (non-hydrogen) atoms. The summed E-state index contributed by atoms with van der Waals surface area (Å²) in [6, 6.07) is 1.76. The summed E-state index contributed by atoms with van der Waals surface area (Å²) in [6.45, 7) is 0. The first kappa shape index (κ1) is 9.09. The maximum absolute atomic E-state index is 10.9. The van der Waals surface area contributed by atoms with Crippen LogP contribution in [0.3, 0.4) is 0 Å². The Morgan fingerprint density at radius 2 is 2.29 bits per heavy atom. The van der Waals surface area contributed by atoms with Crippen LogP contribution in [-0.4, -0.2) is 10.9 Å². The van der Waals surface area contributed by atoms with Crippen LogP contribution in [-0.2, 0) is 6.42 Å². The SMILES string of the molecule is NC(=O)c1cc2c([nH]1)C=CC(Cl)=CC2. The summed E-state index contributed by atoms with van der Waals surface area (Å²) in [5.74, 6) is -0.443. The molecule has 1 heterocycles. The zero-order chi connectivity index (χ0) is 10.1. The molecule has 3 N–H and O–H groups in total. The van der Waals surface area contributed by atoms with Gasteiger partial charge in [0.25, 0.3) is 5.91 Å². The van der Waals surface area contributed by atoms with E-state index >= 15 is 0 Å². The Bertz CT molecular complexity index is 443. The van der Waals surface area contributed by atoms with E-state index in [4.69, 9.17) is 17.3 Å². The third-order valence-electron chi connectivity index (χ3n) is 2.13. The number of carbonyl (C=O) groups excluding carboxylic acids is 1. The summed E-state index contributed by atoms with van der Waals surface area (Å²) >= 11 is 5.84. The van der Waals surface area contributed by atoms with E-state index in [1.807, 2.05) is 12.2 Å². The number of rotatable bonds is 1. The fourth-order valence-electron chi connectivity index (χ4n) is 1.40. The second kappa shape index (κ2) is 3.35. The van der Waals surface area contributed by atoms with Crippen molar-refractivity contribution in [3.05, 3.63) is 40.2 Å². The van der Waals surface area contributed by atoms with Crippen LogP contribution in [0.15, 0.2) is 23.3 Å². The zero-order valence-electron chi connectivity index (χ0n) is 7.38. The van der Waals surface area contributed by atoms with Gasteiger partial charge in [0.2, 0.25) is 0 Å². The molecular weight excluding hydrogens is 200 g/mol. The second-order valence-electron chi connectivity index (χ2n) is 3.11. The standard InChI is InChI=1S/C10H9ClN2O/c11-7-2-1-6-5-9(10(12)14)13-8(6)4-3-7/h2-5,13H,1H2,(H2,12,14). The lowest BCUT2D eigenvalue weighted by molar-refractivity contribution is 0.0996. The third-order valence-corrected chi connectivity index (χ3v) is 2.41. The number of allylic oxidation sites excluding steroid dienone is 3. The van der Waals surface area contributed by atoms with Crippen molar-refractivity contribution in [1.82, 2.24) is 4.98 Å². The molecule has 72 valence electrons. The molecule has 1 aromatic heterocycles. The molecule has 0 radical (unpaired) electrons. The number of hydrogen-bond donors (Lipinski definition) is 2. The van der Waals surface area contributed by atoms with E-state index in [0.29, 0.717) is 17.1 Å². The topological polar surface area (TPSA) is 58.9 Å². The molecule has 0 saturated heterocycles. The van der Waals surface area contributed by atoms with E-state index in [-0.39, 0.29) is 0 Å². The molecule has 1 aromatic rings. The first-order chi connectivity index (χ1) is 6.66. The number of halogens is 1. The lowest BCUT2D eigenvalue weighted by Gasteiger charge is -1.89. The molecule has 2 rings (SSSR count). The maximum Gasteiger partial charge on any atom is 0.265 e. The fraction of sp³-hybridized carbons (Fsp3) is 0.100. The van der Waals surface area contributed by atoms with Crippen molar-refractivity contribution in [3.8, 4) is 0 Å². The number of nitrogens with two attached hydrogens (primary N) is 1. The molecule has 4 heteroatoms. The number of fused-ring (bicyclic) bond motifs is 1. The summed E-state index contributed by atoms with van der Waals surface area (Å²) in [4.78, 5) is 13.8. The first-order valence-electron chi connectivity index (χ1n) is 4.22. The minimum absolute atomic E-state index is 0.436. The van der Waals surface area contributed by atoms with E-state index < -0.39 is 5.91 Å². The van der Waals surface area contributed by atoms with Crippen LogP contribution in [0, 0.1) is 0 Å². The molecule has 0 unspecified atom stereocenters. The van der Waals surface area contributed by atoms with Crippen LogP contribution in [0.5, 0.6) is 0 Å². The molecule has 0 bridgehead atoms. The monoisotopic (exact) mass is 208 g/mol. The highest BCUT2D eigenvalue weighted by Crippen LogP contribution is 2.20. The van der Waals surface area contributed by atoms with Crippen molar-refractivity contribution in [1.29, 1.82) is 0 Å². The molecule has 0 spiro atoms. The van der Waals surface area contributed by atoms with Crippen molar-refractivity contribution >= 4 is 23.6 Å². The fourth-order valence-corrected chi connectivity index (χ4v) is 1.54. The Morgan fingerprint density at radius 3 is 3.00 bits per heavy atom. The van der Waals surface area contributed by atoms with Gasteiger partial charge in [-0.2, -0.15) is 0 Å². The highest BCUT2D eigenvalue weighted by Gasteiger charge is 2.10. The van der Waals surface area contributed by atoms with Crippen LogP contribution in [0.4, 0.5) is 0 Å². The van der Waals surface area contributed by atoms with Crippen LogP contribution in [0.2, 0.25) is 0 Å². The number of aromatic amines is 1. The van der Waals surface area contributed by atoms with Crippen LogP contribution >= 0.6 is 11.6 Å². The predicted molar refractivity (Wildman–Crippen MR) is 56.0 cm³/mol. The number of nitrogens with one attached hydrogen (secondary N) is 1. The molecule has 1 amide bonds.